The minimum atomic E-state index is -2.86. The zero-order valence-corrected chi connectivity index (χ0v) is 17.2. The van der Waals surface area contributed by atoms with Crippen LogP contribution in [0, 0.1) is 0 Å². The van der Waals surface area contributed by atoms with E-state index in [2.05, 4.69) is 9.13 Å². The van der Waals surface area contributed by atoms with Crippen molar-refractivity contribution in [2.75, 3.05) is 13.1 Å². The third-order valence-electron chi connectivity index (χ3n) is 4.34. The van der Waals surface area contributed by atoms with Crippen molar-refractivity contribution in [3.05, 3.63) is 70.4 Å². The molecule has 2 aromatic carbocycles. The highest BCUT2D eigenvalue weighted by Gasteiger charge is 2.28. The van der Waals surface area contributed by atoms with E-state index in [0.717, 1.165) is 16.8 Å². The van der Waals surface area contributed by atoms with Gasteiger partial charge in [-0.25, -0.2) is 4.40 Å². The van der Waals surface area contributed by atoms with Gasteiger partial charge in [0.05, 0.1) is 6.54 Å². The van der Waals surface area contributed by atoms with E-state index >= 15 is 0 Å². The molecular formula is C20H19ClF2N4O2S. The molecule has 2 aromatic rings. The van der Waals surface area contributed by atoms with Crippen LogP contribution in [-0.4, -0.2) is 36.7 Å². The third-order valence-corrected chi connectivity index (χ3v) is 5.26. The molecule has 0 saturated heterocycles. The summed E-state index contributed by atoms with van der Waals surface area (Å²) in [5.74, 6) is -0.183. The number of hydrogen-bond acceptors (Lipinski definition) is 6. The molecule has 1 unspecified atom stereocenters. The van der Waals surface area contributed by atoms with Crippen molar-refractivity contribution in [1.29, 1.82) is 0 Å². The highest BCUT2D eigenvalue weighted by Crippen LogP contribution is 2.25. The summed E-state index contributed by atoms with van der Waals surface area (Å²) in [5.41, 5.74) is 14.0. The number of rotatable bonds is 7. The lowest BCUT2D eigenvalue weighted by atomic mass is 10.1. The molecule has 3 rings (SSSR count). The highest BCUT2D eigenvalue weighted by atomic mass is 35.5. The maximum Gasteiger partial charge on any atom is 0.387 e. The van der Waals surface area contributed by atoms with Gasteiger partial charge in [-0.1, -0.05) is 23.7 Å². The molecule has 1 heterocycles. The Morgan fingerprint density at radius 1 is 1.23 bits per heavy atom. The average Bonchev–Trinajstić information content (AvgIpc) is 3.08. The molecule has 0 spiro atoms. The normalized spacial score (nSPS) is 15.3. The summed E-state index contributed by atoms with van der Waals surface area (Å²) in [7, 11) is 0. The number of amides is 1. The van der Waals surface area contributed by atoms with Crippen LogP contribution in [-0.2, 0) is 4.79 Å². The number of benzene rings is 2. The maximum atomic E-state index is 12.7. The quantitative estimate of drug-likeness (QED) is 0.492. The molecule has 0 radical (unpaired) electrons. The van der Waals surface area contributed by atoms with Gasteiger partial charge in [-0.2, -0.15) is 8.78 Å². The van der Waals surface area contributed by atoms with E-state index in [1.807, 2.05) is 0 Å². The molecule has 0 aliphatic carbocycles. The predicted octanol–water partition coefficient (Wildman–Crippen LogP) is 3.77. The Morgan fingerprint density at radius 2 is 1.97 bits per heavy atom. The Kier molecular flexibility index (Phi) is 7.30. The monoisotopic (exact) mass is 452 g/mol. The molecular weight excluding hydrogens is 434 g/mol. The van der Waals surface area contributed by atoms with Gasteiger partial charge < -0.3 is 21.1 Å². The number of nitrogens with two attached hydrogens (primary N) is 2. The Bertz CT molecular complexity index is 970. The number of carbonyl (C=O) groups is 1. The first kappa shape index (κ1) is 22.1. The van der Waals surface area contributed by atoms with Crippen molar-refractivity contribution in [3.63, 3.8) is 0 Å². The van der Waals surface area contributed by atoms with E-state index < -0.39 is 12.7 Å². The molecule has 0 bridgehead atoms. The minimum absolute atomic E-state index is 0.0753. The van der Waals surface area contributed by atoms with E-state index in [1.165, 1.54) is 12.1 Å². The first-order valence-corrected chi connectivity index (χ1v) is 10.0. The fourth-order valence-electron chi connectivity index (χ4n) is 2.82. The summed E-state index contributed by atoms with van der Waals surface area (Å²) in [6, 6.07) is 12.1. The zero-order chi connectivity index (χ0) is 21.7. The molecule has 4 N–H and O–H groups in total. The van der Waals surface area contributed by atoms with Crippen molar-refractivity contribution in [2.24, 2.45) is 15.9 Å². The molecule has 1 atom stereocenters. The Hall–Kier alpha value is -2.62. The summed E-state index contributed by atoms with van der Waals surface area (Å²) in [4.78, 5) is 15.0. The van der Waals surface area contributed by atoms with Crippen LogP contribution >= 0.6 is 23.5 Å². The van der Waals surface area contributed by atoms with Gasteiger partial charge in [0, 0.05) is 45.9 Å². The Morgan fingerprint density at radius 3 is 2.63 bits per heavy atom. The minimum Gasteiger partial charge on any atom is -0.435 e. The van der Waals surface area contributed by atoms with E-state index in [4.69, 9.17) is 23.1 Å². The molecule has 1 aliphatic heterocycles. The second-order valence-electron chi connectivity index (χ2n) is 6.45. The lowest BCUT2D eigenvalue weighted by molar-refractivity contribution is -0.131. The standard InChI is InChI=1S/C20H19ClF2N4O2S/c21-14-3-1-2-12(8-14)18(25)19(28)27-10-13(17(24)11-27)9-26-30-16-6-4-15(5-7-16)29-20(22)23/h1-9,18,20H,10-11,24-25H2. The van der Waals surface area contributed by atoms with Gasteiger partial charge in [-0.3, -0.25) is 4.79 Å². The van der Waals surface area contributed by atoms with Gasteiger partial charge >= 0.3 is 6.61 Å². The topological polar surface area (TPSA) is 93.9 Å². The molecule has 0 aromatic heterocycles. The number of carbonyl (C=O) groups excluding carboxylic acids is 1. The molecule has 30 heavy (non-hydrogen) atoms. The SMILES string of the molecule is NC1=C(C=NSc2ccc(OC(F)F)cc2)CN(C(=O)C(N)c2cccc(Cl)c2)C1. The van der Waals surface area contributed by atoms with E-state index in [0.29, 0.717) is 28.4 Å². The number of halogens is 3. The molecule has 158 valence electrons. The van der Waals surface area contributed by atoms with Crippen molar-refractivity contribution in [1.82, 2.24) is 4.90 Å². The number of nitrogens with zero attached hydrogens (tertiary/aromatic N) is 2. The maximum absolute atomic E-state index is 12.7. The summed E-state index contributed by atoms with van der Waals surface area (Å²) in [6.07, 6.45) is 1.59. The lowest BCUT2D eigenvalue weighted by Gasteiger charge is -2.21. The highest BCUT2D eigenvalue weighted by molar-refractivity contribution is 7.98. The van der Waals surface area contributed by atoms with Crippen molar-refractivity contribution < 1.29 is 18.3 Å². The number of alkyl halides is 2. The van der Waals surface area contributed by atoms with Crippen LogP contribution in [0.25, 0.3) is 0 Å². The van der Waals surface area contributed by atoms with Gasteiger partial charge in [0.2, 0.25) is 5.91 Å². The van der Waals surface area contributed by atoms with Gasteiger partial charge in [-0.05, 0) is 42.0 Å². The van der Waals surface area contributed by atoms with Crippen molar-refractivity contribution >= 4 is 35.7 Å². The average molecular weight is 453 g/mol. The van der Waals surface area contributed by atoms with Crippen LogP contribution in [0.15, 0.2) is 69.1 Å². The first-order valence-electron chi connectivity index (χ1n) is 8.86. The van der Waals surface area contributed by atoms with Crippen LogP contribution in [0.5, 0.6) is 5.75 Å². The molecule has 0 fully saturated rings. The molecule has 0 saturated carbocycles. The summed E-state index contributed by atoms with van der Waals surface area (Å²) >= 11 is 7.11. The van der Waals surface area contributed by atoms with E-state index in [1.54, 1.807) is 47.5 Å². The number of hydrogen-bond donors (Lipinski definition) is 2. The predicted molar refractivity (Wildman–Crippen MR) is 114 cm³/mol. The van der Waals surface area contributed by atoms with Gasteiger partial charge in [0.15, 0.2) is 0 Å². The van der Waals surface area contributed by atoms with Crippen molar-refractivity contribution in [2.45, 2.75) is 17.5 Å². The molecule has 1 amide bonds. The van der Waals surface area contributed by atoms with Gasteiger partial charge in [0.25, 0.3) is 0 Å². The van der Waals surface area contributed by atoms with Crippen LogP contribution < -0.4 is 16.2 Å². The van der Waals surface area contributed by atoms with E-state index in [-0.39, 0.29) is 18.2 Å². The molecule has 6 nitrogen and oxygen atoms in total. The van der Waals surface area contributed by atoms with Crippen molar-refractivity contribution in [3.8, 4) is 5.75 Å². The third kappa shape index (κ3) is 5.71. The summed E-state index contributed by atoms with van der Waals surface area (Å²) in [6.45, 7) is -2.31. The Labute approximate surface area is 181 Å². The Balaban J connectivity index is 1.56. The summed E-state index contributed by atoms with van der Waals surface area (Å²) < 4.78 is 32.9. The van der Waals surface area contributed by atoms with Crippen LogP contribution in [0.1, 0.15) is 11.6 Å². The van der Waals surface area contributed by atoms with Crippen LogP contribution in [0.2, 0.25) is 5.02 Å². The van der Waals surface area contributed by atoms with Crippen LogP contribution in [0.3, 0.4) is 0 Å². The molecule has 10 heteroatoms. The second-order valence-corrected chi connectivity index (χ2v) is 7.75. The fraction of sp³-hybridized carbons (Fsp3) is 0.200. The smallest absolute Gasteiger partial charge is 0.387 e. The van der Waals surface area contributed by atoms with E-state index in [9.17, 15) is 13.6 Å². The number of ether oxygens (including phenoxy) is 1. The molecule has 1 aliphatic rings. The largest absolute Gasteiger partial charge is 0.435 e. The second kappa shape index (κ2) is 9.92. The first-order chi connectivity index (χ1) is 14.3. The summed E-state index contributed by atoms with van der Waals surface area (Å²) in [5, 5.41) is 0.508. The lowest BCUT2D eigenvalue weighted by Crippen LogP contribution is -2.38. The van der Waals surface area contributed by atoms with Crippen LogP contribution in [0.4, 0.5) is 8.78 Å². The zero-order valence-electron chi connectivity index (χ0n) is 15.7. The fourth-order valence-corrected chi connectivity index (χ4v) is 3.58. The van der Waals surface area contributed by atoms with Gasteiger partial charge in [-0.15, -0.1) is 0 Å². The van der Waals surface area contributed by atoms with Gasteiger partial charge in [0.1, 0.15) is 11.8 Å².